The molecule has 2 aromatic carbocycles. The summed E-state index contributed by atoms with van der Waals surface area (Å²) in [5.41, 5.74) is 1.12. The molecule has 136 valence electrons. The maximum atomic E-state index is 12.1. The van der Waals surface area contributed by atoms with Crippen molar-refractivity contribution < 1.29 is 27.8 Å². The second kappa shape index (κ2) is 9.31. The van der Waals surface area contributed by atoms with E-state index in [-0.39, 0.29) is 24.0 Å². The normalized spacial score (nSPS) is 10.8. The molecule has 0 aromatic heterocycles. The Labute approximate surface area is 149 Å². The number of amides is 1. The maximum absolute atomic E-state index is 12.1. The Hall–Kier alpha value is -3.22. The number of likely N-dealkylation sites (N-methyl/N-ethyl adjacent to an activating group) is 1. The number of carbonyl (C=O) groups is 2. The summed E-state index contributed by atoms with van der Waals surface area (Å²) in [6.07, 6.45) is 2.95. The molecule has 2 rings (SSSR count). The van der Waals surface area contributed by atoms with Gasteiger partial charge in [-0.25, -0.2) is 0 Å². The molecule has 0 saturated heterocycles. The van der Waals surface area contributed by atoms with Crippen LogP contribution in [-0.4, -0.2) is 32.0 Å². The number of allylic oxidation sites excluding steroid dienone is 1. The Morgan fingerprint density at radius 1 is 1.04 bits per heavy atom. The van der Waals surface area contributed by atoms with Crippen LogP contribution in [0.1, 0.15) is 15.9 Å². The van der Waals surface area contributed by atoms with E-state index in [1.165, 1.54) is 25.3 Å². The van der Waals surface area contributed by atoms with Crippen LogP contribution in [0.15, 0.2) is 54.6 Å². The Balaban J connectivity index is 1.94. The number of halogens is 2. The quantitative estimate of drug-likeness (QED) is 0.579. The number of carbonyl (C=O) groups excluding carboxylic acids is 2. The zero-order chi connectivity index (χ0) is 18.9. The van der Waals surface area contributed by atoms with Crippen molar-refractivity contribution in [3.8, 4) is 11.5 Å². The molecular formula is C19H17F2NO4. The SMILES string of the molecule is CNC(=O)COc1ccc(C(=O)/C=C/c2ccc(OC(F)F)cc2)cc1. The molecule has 0 aliphatic carbocycles. The highest BCUT2D eigenvalue weighted by Crippen LogP contribution is 2.17. The van der Waals surface area contributed by atoms with E-state index in [0.717, 1.165) is 0 Å². The summed E-state index contributed by atoms with van der Waals surface area (Å²) in [5.74, 6) is 0.0494. The van der Waals surface area contributed by atoms with Crippen LogP contribution in [0.4, 0.5) is 8.78 Å². The summed E-state index contributed by atoms with van der Waals surface area (Å²) < 4.78 is 33.7. The predicted octanol–water partition coefficient (Wildman–Crippen LogP) is 3.31. The molecule has 1 N–H and O–H groups in total. The highest BCUT2D eigenvalue weighted by Gasteiger charge is 2.05. The van der Waals surface area contributed by atoms with Gasteiger partial charge in [0.25, 0.3) is 5.91 Å². The third-order valence-electron chi connectivity index (χ3n) is 3.32. The molecule has 0 radical (unpaired) electrons. The van der Waals surface area contributed by atoms with Gasteiger partial charge in [-0.15, -0.1) is 0 Å². The van der Waals surface area contributed by atoms with Crippen molar-refractivity contribution in [1.29, 1.82) is 0 Å². The van der Waals surface area contributed by atoms with Gasteiger partial charge in [0.05, 0.1) is 0 Å². The van der Waals surface area contributed by atoms with Gasteiger partial charge in [-0.1, -0.05) is 18.2 Å². The molecule has 0 fully saturated rings. The summed E-state index contributed by atoms with van der Waals surface area (Å²) >= 11 is 0. The first-order valence-corrected chi connectivity index (χ1v) is 7.68. The molecular weight excluding hydrogens is 344 g/mol. The van der Waals surface area contributed by atoms with E-state index in [0.29, 0.717) is 16.9 Å². The van der Waals surface area contributed by atoms with Gasteiger partial charge in [0.15, 0.2) is 12.4 Å². The molecule has 0 bridgehead atoms. The van der Waals surface area contributed by atoms with Crippen molar-refractivity contribution in [2.24, 2.45) is 0 Å². The largest absolute Gasteiger partial charge is 0.484 e. The van der Waals surface area contributed by atoms with E-state index in [9.17, 15) is 18.4 Å². The van der Waals surface area contributed by atoms with Crippen LogP contribution < -0.4 is 14.8 Å². The highest BCUT2D eigenvalue weighted by atomic mass is 19.3. The number of ether oxygens (including phenoxy) is 2. The van der Waals surface area contributed by atoms with Crippen LogP contribution in [-0.2, 0) is 4.79 Å². The molecule has 0 aliphatic rings. The zero-order valence-electron chi connectivity index (χ0n) is 13.9. The lowest BCUT2D eigenvalue weighted by molar-refractivity contribution is -0.122. The second-order valence-corrected chi connectivity index (χ2v) is 5.13. The first-order valence-electron chi connectivity index (χ1n) is 7.68. The molecule has 0 aliphatic heterocycles. The van der Waals surface area contributed by atoms with Crippen molar-refractivity contribution in [2.45, 2.75) is 6.61 Å². The average Bonchev–Trinajstić information content (AvgIpc) is 2.65. The summed E-state index contributed by atoms with van der Waals surface area (Å²) in [6.45, 7) is -2.98. The third kappa shape index (κ3) is 6.01. The van der Waals surface area contributed by atoms with Crippen molar-refractivity contribution in [1.82, 2.24) is 5.32 Å². The minimum absolute atomic E-state index is 0.0517. The molecule has 0 unspecified atom stereocenters. The lowest BCUT2D eigenvalue weighted by atomic mass is 10.1. The van der Waals surface area contributed by atoms with E-state index >= 15 is 0 Å². The maximum Gasteiger partial charge on any atom is 0.387 e. The van der Waals surface area contributed by atoms with Crippen molar-refractivity contribution in [3.63, 3.8) is 0 Å². The van der Waals surface area contributed by atoms with Gasteiger partial charge >= 0.3 is 6.61 Å². The van der Waals surface area contributed by atoms with Crippen LogP contribution >= 0.6 is 0 Å². The van der Waals surface area contributed by atoms with E-state index < -0.39 is 6.61 Å². The standard InChI is InChI=1S/C19H17F2NO4/c1-22-18(24)12-25-15-9-5-14(6-10-15)17(23)11-4-13-2-7-16(8-3-13)26-19(20)21/h2-11,19H,12H2,1H3,(H,22,24)/b11-4+. The molecule has 0 atom stereocenters. The van der Waals surface area contributed by atoms with E-state index in [1.54, 1.807) is 42.5 Å². The Kier molecular flexibility index (Phi) is 6.84. The predicted molar refractivity (Wildman–Crippen MR) is 92.4 cm³/mol. The van der Waals surface area contributed by atoms with E-state index in [4.69, 9.17) is 4.74 Å². The van der Waals surface area contributed by atoms with Crippen molar-refractivity contribution in [2.75, 3.05) is 13.7 Å². The van der Waals surface area contributed by atoms with Crippen LogP contribution in [0.5, 0.6) is 11.5 Å². The van der Waals surface area contributed by atoms with Crippen molar-refractivity contribution in [3.05, 3.63) is 65.7 Å². The fourth-order valence-electron chi connectivity index (χ4n) is 1.96. The number of ketones is 1. The van der Waals surface area contributed by atoms with Crippen LogP contribution in [0.25, 0.3) is 6.08 Å². The molecule has 1 amide bonds. The average molecular weight is 361 g/mol. The number of hydrogen-bond donors (Lipinski definition) is 1. The van der Waals surface area contributed by atoms with E-state index in [2.05, 4.69) is 10.1 Å². The fraction of sp³-hybridized carbons (Fsp3) is 0.158. The smallest absolute Gasteiger partial charge is 0.387 e. The minimum Gasteiger partial charge on any atom is -0.484 e. The molecule has 2 aromatic rings. The lowest BCUT2D eigenvalue weighted by Gasteiger charge is -2.05. The summed E-state index contributed by atoms with van der Waals surface area (Å²) in [4.78, 5) is 23.2. The van der Waals surface area contributed by atoms with Crippen LogP contribution in [0.2, 0.25) is 0 Å². The molecule has 0 heterocycles. The van der Waals surface area contributed by atoms with Gasteiger partial charge in [0.1, 0.15) is 11.5 Å². The Morgan fingerprint density at radius 3 is 2.23 bits per heavy atom. The van der Waals surface area contributed by atoms with Gasteiger partial charge in [-0.3, -0.25) is 9.59 Å². The van der Waals surface area contributed by atoms with Crippen LogP contribution in [0.3, 0.4) is 0 Å². The van der Waals surface area contributed by atoms with E-state index in [1.807, 2.05) is 0 Å². The minimum atomic E-state index is -2.87. The number of hydrogen-bond acceptors (Lipinski definition) is 4. The lowest BCUT2D eigenvalue weighted by Crippen LogP contribution is -2.24. The van der Waals surface area contributed by atoms with Gasteiger partial charge in [0.2, 0.25) is 0 Å². The van der Waals surface area contributed by atoms with Gasteiger partial charge in [-0.2, -0.15) is 8.78 Å². The fourth-order valence-corrected chi connectivity index (χ4v) is 1.96. The Morgan fingerprint density at radius 2 is 1.65 bits per heavy atom. The first-order chi connectivity index (χ1) is 12.5. The number of rotatable bonds is 8. The summed E-state index contributed by atoms with van der Waals surface area (Å²) in [6, 6.07) is 12.3. The topological polar surface area (TPSA) is 64.6 Å². The summed E-state index contributed by atoms with van der Waals surface area (Å²) in [7, 11) is 1.51. The molecule has 26 heavy (non-hydrogen) atoms. The molecule has 7 heteroatoms. The number of alkyl halides is 2. The van der Waals surface area contributed by atoms with Crippen molar-refractivity contribution >= 4 is 17.8 Å². The van der Waals surface area contributed by atoms with Gasteiger partial charge < -0.3 is 14.8 Å². The molecule has 0 saturated carbocycles. The first kappa shape index (κ1) is 19.1. The number of nitrogens with one attached hydrogen (secondary N) is 1. The molecule has 5 nitrogen and oxygen atoms in total. The second-order valence-electron chi connectivity index (χ2n) is 5.13. The van der Waals surface area contributed by atoms with Gasteiger partial charge in [-0.05, 0) is 48.0 Å². The number of benzene rings is 2. The Bertz CT molecular complexity index is 771. The monoisotopic (exact) mass is 361 g/mol. The zero-order valence-corrected chi connectivity index (χ0v) is 13.9. The van der Waals surface area contributed by atoms with Crippen LogP contribution in [0, 0.1) is 0 Å². The summed E-state index contributed by atoms with van der Waals surface area (Å²) in [5, 5.41) is 2.44. The third-order valence-corrected chi connectivity index (χ3v) is 3.32. The highest BCUT2D eigenvalue weighted by molar-refractivity contribution is 6.06. The molecule has 0 spiro atoms. The van der Waals surface area contributed by atoms with Gasteiger partial charge in [0, 0.05) is 12.6 Å².